The Morgan fingerprint density at radius 2 is 2.19 bits per heavy atom. The predicted molar refractivity (Wildman–Crippen MR) is 61.6 cm³/mol. The Bertz CT molecular complexity index is 430. The van der Waals surface area contributed by atoms with Gasteiger partial charge in [-0.1, -0.05) is 13.3 Å². The molecule has 0 saturated heterocycles. The first-order chi connectivity index (χ1) is 7.61. The summed E-state index contributed by atoms with van der Waals surface area (Å²) in [6.45, 7) is 3.08. The number of halogens is 1. The summed E-state index contributed by atoms with van der Waals surface area (Å²) < 4.78 is 13.1. The van der Waals surface area contributed by atoms with Gasteiger partial charge in [-0.15, -0.1) is 0 Å². The van der Waals surface area contributed by atoms with Crippen molar-refractivity contribution in [2.45, 2.75) is 26.2 Å². The van der Waals surface area contributed by atoms with Crippen molar-refractivity contribution in [3.05, 3.63) is 29.6 Å². The lowest BCUT2D eigenvalue weighted by atomic mass is 9.70. The van der Waals surface area contributed by atoms with E-state index >= 15 is 0 Å². The molecule has 1 aromatic rings. The number of rotatable bonds is 3. The molecule has 0 spiro atoms. The molecular weight excluding hydrogens is 203 g/mol. The summed E-state index contributed by atoms with van der Waals surface area (Å²) in [6.07, 6.45) is 3.73. The van der Waals surface area contributed by atoms with Crippen LogP contribution in [0.25, 0.3) is 0 Å². The third-order valence-electron chi connectivity index (χ3n) is 3.31. The monoisotopic (exact) mass is 218 g/mol. The van der Waals surface area contributed by atoms with E-state index in [0.29, 0.717) is 16.7 Å². The van der Waals surface area contributed by atoms with Gasteiger partial charge in [0.15, 0.2) is 0 Å². The maximum Gasteiger partial charge on any atom is 0.126 e. The fraction of sp³-hybridized carbons (Fsp3) is 0.462. The molecule has 2 nitrogen and oxygen atoms in total. The van der Waals surface area contributed by atoms with Crippen LogP contribution in [-0.4, -0.2) is 6.54 Å². The van der Waals surface area contributed by atoms with Crippen LogP contribution in [0.1, 0.15) is 31.7 Å². The molecule has 1 saturated carbocycles. The molecule has 1 aliphatic carbocycles. The lowest BCUT2D eigenvalue weighted by Gasteiger charge is -2.38. The third kappa shape index (κ3) is 2.33. The molecule has 0 heterocycles. The zero-order valence-corrected chi connectivity index (χ0v) is 9.39. The first kappa shape index (κ1) is 10.9. The first-order valence-corrected chi connectivity index (χ1v) is 5.56. The molecule has 2 rings (SSSR count). The number of nitrogens with one attached hydrogen (secondary N) is 1. The molecule has 0 radical (unpaired) electrons. The van der Waals surface area contributed by atoms with Gasteiger partial charge in [-0.3, -0.25) is 0 Å². The largest absolute Gasteiger partial charge is 0.384 e. The Kier molecular flexibility index (Phi) is 2.82. The molecule has 1 N–H and O–H groups in total. The molecule has 3 heteroatoms. The van der Waals surface area contributed by atoms with Gasteiger partial charge in [0.1, 0.15) is 5.82 Å². The van der Waals surface area contributed by atoms with Gasteiger partial charge < -0.3 is 5.32 Å². The van der Waals surface area contributed by atoms with Gasteiger partial charge in [-0.25, -0.2) is 4.39 Å². The van der Waals surface area contributed by atoms with Gasteiger partial charge in [-0.2, -0.15) is 5.26 Å². The van der Waals surface area contributed by atoms with Gasteiger partial charge >= 0.3 is 0 Å². The fourth-order valence-electron chi connectivity index (χ4n) is 2.03. The van der Waals surface area contributed by atoms with Crippen molar-refractivity contribution >= 4 is 5.69 Å². The van der Waals surface area contributed by atoms with Crippen LogP contribution in [0.3, 0.4) is 0 Å². The highest BCUT2D eigenvalue weighted by molar-refractivity contribution is 5.49. The van der Waals surface area contributed by atoms with Crippen molar-refractivity contribution in [2.24, 2.45) is 5.41 Å². The van der Waals surface area contributed by atoms with Crippen LogP contribution in [0.4, 0.5) is 10.1 Å². The summed E-state index contributed by atoms with van der Waals surface area (Å²) in [5.41, 5.74) is 1.41. The summed E-state index contributed by atoms with van der Waals surface area (Å²) in [6, 6.07) is 6.32. The molecule has 0 atom stereocenters. The number of anilines is 1. The average Bonchev–Trinajstić information content (AvgIpc) is 2.23. The van der Waals surface area contributed by atoms with E-state index in [1.54, 1.807) is 6.07 Å². The lowest BCUT2D eigenvalue weighted by Crippen LogP contribution is -2.33. The molecule has 16 heavy (non-hydrogen) atoms. The predicted octanol–water partition coefficient (Wildman–Crippen LogP) is 3.30. The maximum absolute atomic E-state index is 13.1. The Morgan fingerprint density at radius 3 is 2.75 bits per heavy atom. The SMILES string of the molecule is CC1(CNc2cc(F)cc(C#N)c2)CCC1. The number of nitrogens with zero attached hydrogens (tertiary/aromatic N) is 1. The standard InChI is InChI=1S/C13H15FN2/c1-13(3-2-4-13)9-16-12-6-10(8-15)5-11(14)7-12/h5-7,16H,2-4,9H2,1H3. The highest BCUT2D eigenvalue weighted by Crippen LogP contribution is 2.40. The van der Waals surface area contributed by atoms with Crippen LogP contribution < -0.4 is 5.32 Å². The molecule has 1 aliphatic rings. The van der Waals surface area contributed by atoms with Gasteiger partial charge in [0.2, 0.25) is 0 Å². The smallest absolute Gasteiger partial charge is 0.126 e. The van der Waals surface area contributed by atoms with E-state index in [2.05, 4.69) is 12.2 Å². The number of nitriles is 1. The molecule has 0 unspecified atom stereocenters. The molecule has 0 aromatic heterocycles. The Balaban J connectivity index is 2.04. The molecule has 1 fully saturated rings. The second-order valence-corrected chi connectivity index (χ2v) is 4.86. The van der Waals surface area contributed by atoms with Crippen molar-refractivity contribution in [1.29, 1.82) is 5.26 Å². The Morgan fingerprint density at radius 1 is 1.44 bits per heavy atom. The molecule has 1 aromatic carbocycles. The van der Waals surface area contributed by atoms with E-state index in [1.807, 2.05) is 6.07 Å². The zero-order chi connectivity index (χ0) is 11.6. The topological polar surface area (TPSA) is 35.8 Å². The minimum atomic E-state index is -0.361. The van der Waals surface area contributed by atoms with Gasteiger partial charge in [0.25, 0.3) is 0 Å². The average molecular weight is 218 g/mol. The maximum atomic E-state index is 13.1. The zero-order valence-electron chi connectivity index (χ0n) is 9.39. The number of benzene rings is 1. The normalized spacial score (nSPS) is 17.3. The van der Waals surface area contributed by atoms with Crippen molar-refractivity contribution in [3.8, 4) is 6.07 Å². The molecule has 0 amide bonds. The van der Waals surface area contributed by atoms with E-state index < -0.39 is 0 Å². The van der Waals surface area contributed by atoms with Crippen molar-refractivity contribution in [3.63, 3.8) is 0 Å². The summed E-state index contributed by atoms with van der Waals surface area (Å²) in [7, 11) is 0. The van der Waals surface area contributed by atoms with Crippen LogP contribution >= 0.6 is 0 Å². The minimum absolute atomic E-state index is 0.346. The van der Waals surface area contributed by atoms with Crippen LogP contribution in [-0.2, 0) is 0 Å². The van der Waals surface area contributed by atoms with Gasteiger partial charge in [-0.05, 0) is 36.5 Å². The van der Waals surface area contributed by atoms with E-state index in [-0.39, 0.29) is 5.82 Å². The summed E-state index contributed by atoms with van der Waals surface area (Å²) in [5.74, 6) is -0.361. The highest BCUT2D eigenvalue weighted by atomic mass is 19.1. The third-order valence-corrected chi connectivity index (χ3v) is 3.31. The second-order valence-electron chi connectivity index (χ2n) is 4.86. The Hall–Kier alpha value is -1.56. The fourth-order valence-corrected chi connectivity index (χ4v) is 2.03. The summed E-state index contributed by atoms with van der Waals surface area (Å²) in [4.78, 5) is 0. The van der Waals surface area contributed by atoms with E-state index in [4.69, 9.17) is 5.26 Å². The highest BCUT2D eigenvalue weighted by Gasteiger charge is 2.31. The second kappa shape index (κ2) is 4.13. The molecule has 0 aliphatic heterocycles. The lowest BCUT2D eigenvalue weighted by molar-refractivity contribution is 0.180. The number of hydrogen-bond donors (Lipinski definition) is 1. The first-order valence-electron chi connectivity index (χ1n) is 5.56. The molecule has 0 bridgehead atoms. The molecule has 84 valence electrons. The Labute approximate surface area is 95.1 Å². The van der Waals surface area contributed by atoms with Crippen molar-refractivity contribution in [2.75, 3.05) is 11.9 Å². The molecular formula is C13H15FN2. The van der Waals surface area contributed by atoms with Crippen LogP contribution in [0.15, 0.2) is 18.2 Å². The van der Waals surface area contributed by atoms with Gasteiger partial charge in [0, 0.05) is 12.2 Å². The summed E-state index contributed by atoms with van der Waals surface area (Å²) in [5, 5.41) is 11.9. The van der Waals surface area contributed by atoms with E-state index in [9.17, 15) is 4.39 Å². The van der Waals surface area contributed by atoms with E-state index in [1.165, 1.54) is 31.4 Å². The van der Waals surface area contributed by atoms with Crippen LogP contribution in [0, 0.1) is 22.6 Å². The summed E-state index contributed by atoms with van der Waals surface area (Å²) >= 11 is 0. The van der Waals surface area contributed by atoms with Crippen LogP contribution in [0.2, 0.25) is 0 Å². The van der Waals surface area contributed by atoms with E-state index in [0.717, 1.165) is 6.54 Å². The van der Waals surface area contributed by atoms with Crippen LogP contribution in [0.5, 0.6) is 0 Å². The minimum Gasteiger partial charge on any atom is -0.384 e. The van der Waals surface area contributed by atoms with Gasteiger partial charge in [0.05, 0.1) is 11.6 Å². The quantitative estimate of drug-likeness (QED) is 0.844. The van der Waals surface area contributed by atoms with Crippen molar-refractivity contribution in [1.82, 2.24) is 0 Å². The number of hydrogen-bond acceptors (Lipinski definition) is 2. The van der Waals surface area contributed by atoms with Crippen molar-refractivity contribution < 1.29 is 4.39 Å².